The Morgan fingerprint density at radius 2 is 1.46 bits per heavy atom. The lowest BCUT2D eigenvalue weighted by Crippen LogP contribution is -2.41. The van der Waals surface area contributed by atoms with Gasteiger partial charge in [-0.3, -0.25) is 9.69 Å². The summed E-state index contributed by atoms with van der Waals surface area (Å²) in [5.41, 5.74) is 2.18. The number of hydrogen-bond acceptors (Lipinski definition) is 3. The molecule has 26 heavy (non-hydrogen) atoms. The van der Waals surface area contributed by atoms with Crippen LogP contribution in [0.2, 0.25) is 0 Å². The van der Waals surface area contributed by atoms with Crippen molar-refractivity contribution in [1.29, 1.82) is 0 Å². The van der Waals surface area contributed by atoms with Gasteiger partial charge in [0.2, 0.25) is 0 Å². The third kappa shape index (κ3) is 2.97. The van der Waals surface area contributed by atoms with Crippen LogP contribution in [0.3, 0.4) is 0 Å². The number of rotatable bonds is 4. The number of anilines is 1. The molecule has 1 amide bonds. The van der Waals surface area contributed by atoms with E-state index in [0.717, 1.165) is 5.56 Å². The summed E-state index contributed by atoms with van der Waals surface area (Å²) in [6, 6.07) is 25.4. The zero-order chi connectivity index (χ0) is 17.9. The molecule has 1 aliphatic rings. The van der Waals surface area contributed by atoms with Crippen LogP contribution in [0.5, 0.6) is 5.75 Å². The van der Waals surface area contributed by atoms with Crippen LogP contribution in [0.25, 0.3) is 0 Å². The first kappa shape index (κ1) is 16.1. The second-order valence-corrected chi connectivity index (χ2v) is 6.12. The Morgan fingerprint density at radius 3 is 2.19 bits per heavy atom. The number of carbonyl (C=O) groups excluding carboxylic acids is 2. The third-order valence-electron chi connectivity index (χ3n) is 4.49. The molecule has 3 aromatic rings. The van der Waals surface area contributed by atoms with Gasteiger partial charge in [-0.2, -0.15) is 0 Å². The van der Waals surface area contributed by atoms with Crippen molar-refractivity contribution in [2.45, 2.75) is 12.5 Å². The van der Waals surface area contributed by atoms with E-state index in [1.54, 1.807) is 23.1 Å². The topological polar surface area (TPSA) is 46.6 Å². The molecule has 3 aromatic carbocycles. The van der Waals surface area contributed by atoms with Crippen molar-refractivity contribution < 1.29 is 14.3 Å². The second-order valence-electron chi connectivity index (χ2n) is 6.12. The van der Waals surface area contributed by atoms with Crippen molar-refractivity contribution in [3.8, 4) is 5.75 Å². The molecule has 0 aliphatic carbocycles. The van der Waals surface area contributed by atoms with Crippen LogP contribution in [0.4, 0.5) is 10.5 Å². The van der Waals surface area contributed by atoms with E-state index in [2.05, 4.69) is 0 Å². The van der Waals surface area contributed by atoms with Gasteiger partial charge in [0.05, 0.1) is 6.04 Å². The molecular weight excluding hydrogens is 326 g/mol. The highest BCUT2D eigenvalue weighted by Crippen LogP contribution is 2.40. The number of nitrogens with zero attached hydrogens (tertiary/aromatic N) is 1. The predicted octanol–water partition coefficient (Wildman–Crippen LogP) is 5.02. The molecule has 1 aliphatic heterocycles. The Morgan fingerprint density at radius 1 is 0.846 bits per heavy atom. The fraction of sp³-hybridized carbons (Fsp3) is 0.0909. The van der Waals surface area contributed by atoms with Gasteiger partial charge < -0.3 is 4.74 Å². The molecule has 0 saturated carbocycles. The molecule has 4 heteroatoms. The molecular formula is C22H17NO3. The number of benzene rings is 3. The van der Waals surface area contributed by atoms with Crippen molar-refractivity contribution in [3.05, 3.63) is 96.1 Å². The standard InChI is InChI=1S/C22H17NO3/c24-20(16-9-3-1-4-10-16)15-19-18-13-7-8-14-21(18)26-22(25)23(19)17-11-5-2-6-12-17/h1-14,19H,15H2. The fourth-order valence-corrected chi connectivity index (χ4v) is 3.25. The average Bonchev–Trinajstić information content (AvgIpc) is 2.69. The van der Waals surface area contributed by atoms with Crippen LogP contribution in [-0.2, 0) is 0 Å². The van der Waals surface area contributed by atoms with Crippen LogP contribution >= 0.6 is 0 Å². The van der Waals surface area contributed by atoms with E-state index in [-0.39, 0.29) is 12.2 Å². The van der Waals surface area contributed by atoms with Gasteiger partial charge in [0.25, 0.3) is 0 Å². The highest BCUT2D eigenvalue weighted by molar-refractivity contribution is 5.99. The van der Waals surface area contributed by atoms with Crippen LogP contribution in [0, 0.1) is 0 Å². The maximum atomic E-state index is 12.8. The second kappa shape index (κ2) is 6.84. The number of Topliss-reactive ketones (excluding diaryl/α,β-unsaturated/α-hetero) is 1. The lowest BCUT2D eigenvalue weighted by molar-refractivity contribution is 0.0971. The third-order valence-corrected chi connectivity index (χ3v) is 4.49. The number of fused-ring (bicyclic) bond motifs is 1. The Bertz CT molecular complexity index is 938. The molecule has 1 atom stereocenters. The van der Waals surface area contributed by atoms with Gasteiger partial charge in [0.1, 0.15) is 5.75 Å². The maximum Gasteiger partial charge on any atom is 0.420 e. The molecule has 4 nitrogen and oxygen atoms in total. The molecule has 0 saturated heterocycles. The predicted molar refractivity (Wildman–Crippen MR) is 99.5 cm³/mol. The van der Waals surface area contributed by atoms with Gasteiger partial charge in [-0.05, 0) is 18.2 Å². The fourth-order valence-electron chi connectivity index (χ4n) is 3.25. The summed E-state index contributed by atoms with van der Waals surface area (Å²) >= 11 is 0. The SMILES string of the molecule is O=C(CC1c2ccccc2OC(=O)N1c1ccccc1)c1ccccc1. The zero-order valence-corrected chi connectivity index (χ0v) is 14.0. The summed E-state index contributed by atoms with van der Waals surface area (Å²) in [6.45, 7) is 0. The Kier molecular flexibility index (Phi) is 4.23. The van der Waals surface area contributed by atoms with Gasteiger partial charge in [0, 0.05) is 23.2 Å². The normalized spacial score (nSPS) is 15.9. The summed E-state index contributed by atoms with van der Waals surface area (Å²) in [7, 11) is 0. The Labute approximate surface area is 151 Å². The summed E-state index contributed by atoms with van der Waals surface area (Å²) in [5.74, 6) is 0.497. The minimum absolute atomic E-state index is 0.0129. The first-order valence-corrected chi connectivity index (χ1v) is 8.47. The molecule has 0 bridgehead atoms. The maximum absolute atomic E-state index is 12.8. The molecule has 0 N–H and O–H groups in total. The molecule has 0 aromatic heterocycles. The van der Waals surface area contributed by atoms with Crippen molar-refractivity contribution in [3.63, 3.8) is 0 Å². The van der Waals surface area contributed by atoms with E-state index in [1.807, 2.05) is 66.7 Å². The van der Waals surface area contributed by atoms with Gasteiger partial charge in [-0.25, -0.2) is 4.79 Å². The molecule has 0 fully saturated rings. The summed E-state index contributed by atoms with van der Waals surface area (Å²) in [5, 5.41) is 0. The van der Waals surface area contributed by atoms with Gasteiger partial charge in [0.15, 0.2) is 5.78 Å². The van der Waals surface area contributed by atoms with Crippen molar-refractivity contribution in [1.82, 2.24) is 0 Å². The highest BCUT2D eigenvalue weighted by Gasteiger charge is 2.36. The molecule has 1 heterocycles. The van der Waals surface area contributed by atoms with E-state index >= 15 is 0 Å². The van der Waals surface area contributed by atoms with Crippen molar-refractivity contribution in [2.75, 3.05) is 4.90 Å². The minimum Gasteiger partial charge on any atom is -0.410 e. The largest absolute Gasteiger partial charge is 0.420 e. The van der Waals surface area contributed by atoms with Gasteiger partial charge in [-0.15, -0.1) is 0 Å². The highest BCUT2D eigenvalue weighted by atomic mass is 16.6. The van der Waals surface area contributed by atoms with Crippen LogP contribution in [-0.4, -0.2) is 11.9 Å². The lowest BCUT2D eigenvalue weighted by Gasteiger charge is -2.35. The monoisotopic (exact) mass is 343 g/mol. The van der Waals surface area contributed by atoms with E-state index in [4.69, 9.17) is 4.74 Å². The number of amides is 1. The van der Waals surface area contributed by atoms with E-state index < -0.39 is 12.1 Å². The lowest BCUT2D eigenvalue weighted by atomic mass is 9.94. The molecule has 1 unspecified atom stereocenters. The first-order chi connectivity index (χ1) is 12.7. The summed E-state index contributed by atoms with van der Waals surface area (Å²) in [6.07, 6.45) is -0.286. The number of carbonyl (C=O) groups is 2. The van der Waals surface area contributed by atoms with Gasteiger partial charge in [-0.1, -0.05) is 66.7 Å². The number of para-hydroxylation sites is 2. The number of hydrogen-bond donors (Lipinski definition) is 0. The average molecular weight is 343 g/mol. The molecule has 128 valence electrons. The number of ketones is 1. The van der Waals surface area contributed by atoms with E-state index in [9.17, 15) is 9.59 Å². The number of ether oxygens (including phenoxy) is 1. The first-order valence-electron chi connectivity index (χ1n) is 8.47. The van der Waals surface area contributed by atoms with E-state index in [1.165, 1.54) is 0 Å². The quantitative estimate of drug-likeness (QED) is 0.625. The summed E-state index contributed by atoms with van der Waals surface area (Å²) in [4.78, 5) is 27.1. The van der Waals surface area contributed by atoms with Crippen LogP contribution < -0.4 is 9.64 Å². The molecule has 0 radical (unpaired) electrons. The smallest absolute Gasteiger partial charge is 0.410 e. The molecule has 4 rings (SSSR count). The Hall–Kier alpha value is -3.40. The minimum atomic E-state index is -0.472. The van der Waals surface area contributed by atoms with Crippen molar-refractivity contribution >= 4 is 17.6 Å². The Balaban J connectivity index is 1.76. The molecule has 0 spiro atoms. The van der Waals surface area contributed by atoms with Gasteiger partial charge >= 0.3 is 6.09 Å². The zero-order valence-electron chi connectivity index (χ0n) is 14.0. The summed E-state index contributed by atoms with van der Waals surface area (Å²) < 4.78 is 5.49. The van der Waals surface area contributed by atoms with Crippen LogP contribution in [0.15, 0.2) is 84.9 Å². The van der Waals surface area contributed by atoms with Crippen LogP contribution in [0.1, 0.15) is 28.4 Å². The van der Waals surface area contributed by atoms with E-state index in [0.29, 0.717) is 17.0 Å². The van der Waals surface area contributed by atoms with Crippen molar-refractivity contribution in [2.24, 2.45) is 0 Å².